The monoisotopic (exact) mass is 280 g/mol. The quantitative estimate of drug-likeness (QED) is 0.732. The molecule has 0 spiro atoms. The van der Waals surface area contributed by atoms with Crippen LogP contribution in [-0.4, -0.2) is 44.9 Å². The van der Waals surface area contributed by atoms with Crippen LogP contribution in [0.4, 0.5) is 4.39 Å². The summed E-state index contributed by atoms with van der Waals surface area (Å²) < 4.78 is 23.6. The van der Waals surface area contributed by atoms with Gasteiger partial charge in [-0.3, -0.25) is 4.90 Å². The van der Waals surface area contributed by atoms with Crippen LogP contribution in [0.5, 0.6) is 0 Å². The van der Waals surface area contributed by atoms with Crippen LogP contribution >= 0.6 is 0 Å². The number of nitrogens with zero attached hydrogens (tertiary/aromatic N) is 2. The molecule has 0 amide bonds. The Bertz CT molecular complexity index is 460. The molecule has 110 valence electrons. The minimum Gasteiger partial charge on any atom is -0.383 e. The van der Waals surface area contributed by atoms with Crippen molar-refractivity contribution >= 4 is 0 Å². The van der Waals surface area contributed by atoms with Crippen LogP contribution in [0.25, 0.3) is 0 Å². The molecule has 20 heavy (non-hydrogen) atoms. The third kappa shape index (κ3) is 4.89. The minimum atomic E-state index is -0.329. The molecule has 0 aliphatic heterocycles. The van der Waals surface area contributed by atoms with E-state index in [1.165, 1.54) is 18.2 Å². The first-order chi connectivity index (χ1) is 9.62. The number of halogens is 1. The maximum absolute atomic E-state index is 13.4. The molecule has 0 fully saturated rings. The van der Waals surface area contributed by atoms with Crippen molar-refractivity contribution in [2.24, 2.45) is 0 Å². The molecule has 1 atom stereocenters. The van der Waals surface area contributed by atoms with Gasteiger partial charge in [0.25, 0.3) is 0 Å². The Balaban J connectivity index is 2.88. The standard InChI is InChI=1S/C15H21FN2O2/c1-12(11-20-3)18(6-7-19-2)10-14-8-15(16)5-4-13(14)9-17/h4-5,8,12H,6-7,10-11H2,1-3H3. The van der Waals surface area contributed by atoms with Crippen molar-refractivity contribution in [3.05, 3.63) is 35.1 Å². The first-order valence-corrected chi connectivity index (χ1v) is 6.52. The highest BCUT2D eigenvalue weighted by Gasteiger charge is 2.16. The molecule has 1 aromatic rings. The molecule has 0 aromatic heterocycles. The van der Waals surface area contributed by atoms with Gasteiger partial charge in [0.05, 0.1) is 24.8 Å². The zero-order valence-electron chi connectivity index (χ0n) is 12.2. The van der Waals surface area contributed by atoms with Crippen molar-refractivity contribution in [2.45, 2.75) is 19.5 Å². The van der Waals surface area contributed by atoms with Crippen LogP contribution in [0.3, 0.4) is 0 Å². The summed E-state index contributed by atoms with van der Waals surface area (Å²) in [5.74, 6) is -0.329. The van der Waals surface area contributed by atoms with Crippen LogP contribution in [0.15, 0.2) is 18.2 Å². The molecule has 0 aliphatic rings. The fraction of sp³-hybridized carbons (Fsp3) is 0.533. The molecule has 0 N–H and O–H groups in total. The van der Waals surface area contributed by atoms with Gasteiger partial charge in [0.1, 0.15) is 5.82 Å². The first kappa shape index (κ1) is 16.6. The number of nitriles is 1. The highest BCUT2D eigenvalue weighted by atomic mass is 19.1. The molecule has 0 saturated carbocycles. The number of rotatable bonds is 8. The van der Waals surface area contributed by atoms with Gasteiger partial charge in [-0.2, -0.15) is 5.26 Å². The van der Waals surface area contributed by atoms with Gasteiger partial charge in [0.2, 0.25) is 0 Å². The van der Waals surface area contributed by atoms with Crippen molar-refractivity contribution in [2.75, 3.05) is 34.0 Å². The molecule has 4 nitrogen and oxygen atoms in total. The van der Waals surface area contributed by atoms with E-state index in [2.05, 4.69) is 11.0 Å². The maximum Gasteiger partial charge on any atom is 0.123 e. The van der Waals surface area contributed by atoms with E-state index in [0.29, 0.717) is 37.4 Å². The van der Waals surface area contributed by atoms with Gasteiger partial charge in [-0.1, -0.05) is 0 Å². The maximum atomic E-state index is 13.4. The average molecular weight is 280 g/mol. The summed E-state index contributed by atoms with van der Waals surface area (Å²) in [6, 6.07) is 6.49. The summed E-state index contributed by atoms with van der Waals surface area (Å²) in [5, 5.41) is 9.10. The molecule has 1 unspecified atom stereocenters. The topological polar surface area (TPSA) is 45.5 Å². The third-order valence-electron chi connectivity index (χ3n) is 3.18. The molecule has 0 radical (unpaired) electrons. The molecular formula is C15H21FN2O2. The second kappa shape index (κ2) is 8.64. The van der Waals surface area contributed by atoms with Crippen LogP contribution in [-0.2, 0) is 16.0 Å². The van der Waals surface area contributed by atoms with Gasteiger partial charge < -0.3 is 9.47 Å². The lowest BCUT2D eigenvalue weighted by atomic mass is 10.1. The van der Waals surface area contributed by atoms with E-state index < -0.39 is 0 Å². The largest absolute Gasteiger partial charge is 0.383 e. The van der Waals surface area contributed by atoms with Gasteiger partial charge in [-0.25, -0.2) is 4.39 Å². The van der Waals surface area contributed by atoms with E-state index >= 15 is 0 Å². The Labute approximate surface area is 119 Å². The minimum absolute atomic E-state index is 0.157. The number of hydrogen-bond donors (Lipinski definition) is 0. The SMILES string of the molecule is COCCN(Cc1cc(F)ccc1C#N)C(C)COC. The fourth-order valence-electron chi connectivity index (χ4n) is 2.03. The molecule has 1 rings (SSSR count). The lowest BCUT2D eigenvalue weighted by Crippen LogP contribution is -2.38. The normalized spacial score (nSPS) is 12.4. The summed E-state index contributed by atoms with van der Waals surface area (Å²) in [6.45, 7) is 4.37. The van der Waals surface area contributed by atoms with E-state index in [0.717, 1.165) is 0 Å². The van der Waals surface area contributed by atoms with Gasteiger partial charge in [0.15, 0.2) is 0 Å². The Morgan fingerprint density at radius 2 is 2.10 bits per heavy atom. The van der Waals surface area contributed by atoms with Crippen LogP contribution < -0.4 is 0 Å². The summed E-state index contributed by atoms with van der Waals surface area (Å²) in [7, 11) is 3.29. The lowest BCUT2D eigenvalue weighted by molar-refractivity contribution is 0.0704. The lowest BCUT2D eigenvalue weighted by Gasteiger charge is -2.28. The second-order valence-electron chi connectivity index (χ2n) is 4.68. The molecular weight excluding hydrogens is 259 g/mol. The zero-order chi connectivity index (χ0) is 15.0. The summed E-state index contributed by atoms with van der Waals surface area (Å²) in [5.41, 5.74) is 1.19. The summed E-state index contributed by atoms with van der Waals surface area (Å²) in [4.78, 5) is 2.11. The van der Waals surface area contributed by atoms with Crippen molar-refractivity contribution < 1.29 is 13.9 Å². The van der Waals surface area contributed by atoms with Crippen LogP contribution in [0.1, 0.15) is 18.1 Å². The highest BCUT2D eigenvalue weighted by molar-refractivity contribution is 5.37. The van der Waals surface area contributed by atoms with Crippen molar-refractivity contribution in [3.63, 3.8) is 0 Å². The second-order valence-corrected chi connectivity index (χ2v) is 4.68. The van der Waals surface area contributed by atoms with E-state index in [9.17, 15) is 4.39 Å². The van der Waals surface area contributed by atoms with E-state index in [1.54, 1.807) is 14.2 Å². The summed E-state index contributed by atoms with van der Waals surface area (Å²) in [6.07, 6.45) is 0. The fourth-order valence-corrected chi connectivity index (χ4v) is 2.03. The first-order valence-electron chi connectivity index (χ1n) is 6.52. The van der Waals surface area contributed by atoms with Gasteiger partial charge in [0, 0.05) is 33.4 Å². The Morgan fingerprint density at radius 3 is 2.70 bits per heavy atom. The Hall–Kier alpha value is -1.48. The number of hydrogen-bond acceptors (Lipinski definition) is 4. The van der Waals surface area contributed by atoms with Gasteiger partial charge in [-0.15, -0.1) is 0 Å². The number of methoxy groups -OCH3 is 2. The molecule has 1 aromatic carbocycles. The van der Waals surface area contributed by atoms with Gasteiger partial charge >= 0.3 is 0 Å². The molecule has 0 aliphatic carbocycles. The van der Waals surface area contributed by atoms with Gasteiger partial charge in [-0.05, 0) is 30.7 Å². The predicted octanol–water partition coefficient (Wildman–Crippen LogP) is 2.18. The molecule has 0 heterocycles. The van der Waals surface area contributed by atoms with Crippen LogP contribution in [0, 0.1) is 17.1 Å². The van der Waals surface area contributed by atoms with Crippen LogP contribution in [0.2, 0.25) is 0 Å². The number of ether oxygens (including phenoxy) is 2. The Kier molecular flexibility index (Phi) is 7.16. The summed E-state index contributed by atoms with van der Waals surface area (Å²) >= 11 is 0. The highest BCUT2D eigenvalue weighted by Crippen LogP contribution is 2.15. The van der Waals surface area contributed by atoms with E-state index in [-0.39, 0.29) is 11.9 Å². The molecule has 0 bridgehead atoms. The van der Waals surface area contributed by atoms with E-state index in [4.69, 9.17) is 14.7 Å². The third-order valence-corrected chi connectivity index (χ3v) is 3.18. The number of benzene rings is 1. The molecule has 0 saturated heterocycles. The zero-order valence-corrected chi connectivity index (χ0v) is 12.2. The average Bonchev–Trinajstić information content (AvgIpc) is 2.43. The van der Waals surface area contributed by atoms with Crippen molar-refractivity contribution in [3.8, 4) is 6.07 Å². The van der Waals surface area contributed by atoms with E-state index in [1.807, 2.05) is 6.92 Å². The predicted molar refractivity (Wildman–Crippen MR) is 74.7 cm³/mol. The smallest absolute Gasteiger partial charge is 0.123 e. The van der Waals surface area contributed by atoms with Crippen molar-refractivity contribution in [1.29, 1.82) is 5.26 Å². The Morgan fingerprint density at radius 1 is 1.35 bits per heavy atom. The van der Waals surface area contributed by atoms with Crippen molar-refractivity contribution in [1.82, 2.24) is 4.90 Å². The molecule has 5 heteroatoms.